The number of rotatable bonds is 12. The molecule has 1 aromatic rings. The van der Waals surface area contributed by atoms with Crippen LogP contribution in [0, 0.1) is 11.8 Å². The number of pyridine rings is 1. The van der Waals surface area contributed by atoms with Gasteiger partial charge in [0, 0.05) is 5.69 Å². The number of aryl methyl sites for hydroxylation is 1. The molecule has 3 heteroatoms. The zero-order chi connectivity index (χ0) is 19.3. The summed E-state index contributed by atoms with van der Waals surface area (Å²) in [4.78, 5) is 16.7. The summed E-state index contributed by atoms with van der Waals surface area (Å²) in [7, 11) is 0. The van der Waals surface area contributed by atoms with Crippen molar-refractivity contribution in [2.45, 2.75) is 104 Å². The van der Waals surface area contributed by atoms with Gasteiger partial charge in [-0.3, -0.25) is 9.78 Å². The number of hydrogen-bond acceptors (Lipinski definition) is 3. The van der Waals surface area contributed by atoms with E-state index in [-0.39, 0.29) is 11.9 Å². The van der Waals surface area contributed by atoms with Gasteiger partial charge in [0.15, 0.2) is 0 Å². The van der Waals surface area contributed by atoms with Gasteiger partial charge in [-0.15, -0.1) is 0 Å². The number of unbranched alkanes of at least 4 members (excludes halogenated alkanes) is 7. The van der Waals surface area contributed by atoms with E-state index in [2.05, 4.69) is 18.8 Å². The van der Waals surface area contributed by atoms with E-state index in [0.29, 0.717) is 5.75 Å². The lowest BCUT2D eigenvalue weighted by atomic mass is 9.80. The van der Waals surface area contributed by atoms with Crippen LogP contribution >= 0.6 is 0 Å². The smallest absolute Gasteiger partial charge is 0.314 e. The summed E-state index contributed by atoms with van der Waals surface area (Å²) in [5.74, 6) is 1.41. The molecule has 27 heavy (non-hydrogen) atoms. The van der Waals surface area contributed by atoms with Gasteiger partial charge in [0.25, 0.3) is 0 Å². The lowest BCUT2D eigenvalue weighted by Gasteiger charge is -2.27. The lowest BCUT2D eigenvalue weighted by molar-refractivity contribution is -0.140. The minimum absolute atomic E-state index is 0.0634. The molecule has 3 nitrogen and oxygen atoms in total. The van der Waals surface area contributed by atoms with E-state index >= 15 is 0 Å². The third kappa shape index (κ3) is 8.45. The van der Waals surface area contributed by atoms with Gasteiger partial charge >= 0.3 is 5.97 Å². The number of ether oxygens (including phenoxy) is 1. The van der Waals surface area contributed by atoms with E-state index in [9.17, 15) is 4.79 Å². The molecule has 0 saturated heterocycles. The first kappa shape index (κ1) is 21.9. The van der Waals surface area contributed by atoms with Crippen LogP contribution in [0.5, 0.6) is 5.75 Å². The topological polar surface area (TPSA) is 39.2 Å². The van der Waals surface area contributed by atoms with Crippen molar-refractivity contribution in [1.29, 1.82) is 0 Å². The van der Waals surface area contributed by atoms with Crippen LogP contribution < -0.4 is 4.74 Å². The monoisotopic (exact) mass is 373 g/mol. The summed E-state index contributed by atoms with van der Waals surface area (Å²) in [6, 6.07) is 3.79. The third-order valence-electron chi connectivity index (χ3n) is 6.02. The molecule has 152 valence electrons. The van der Waals surface area contributed by atoms with Crippen molar-refractivity contribution in [3.63, 3.8) is 0 Å². The normalized spacial score (nSPS) is 19.8. The fourth-order valence-electron chi connectivity index (χ4n) is 4.13. The van der Waals surface area contributed by atoms with Gasteiger partial charge in [-0.25, -0.2) is 0 Å². The summed E-state index contributed by atoms with van der Waals surface area (Å²) >= 11 is 0. The van der Waals surface area contributed by atoms with Crippen LogP contribution in [-0.2, 0) is 11.2 Å². The average molecular weight is 374 g/mol. The van der Waals surface area contributed by atoms with Crippen molar-refractivity contribution in [1.82, 2.24) is 4.98 Å². The van der Waals surface area contributed by atoms with Gasteiger partial charge in [0.05, 0.1) is 12.1 Å². The van der Waals surface area contributed by atoms with Gasteiger partial charge in [-0.2, -0.15) is 0 Å². The second-order valence-electron chi connectivity index (χ2n) is 8.24. The summed E-state index contributed by atoms with van der Waals surface area (Å²) in [5, 5.41) is 0. The highest BCUT2D eigenvalue weighted by atomic mass is 16.5. The van der Waals surface area contributed by atoms with Crippen LogP contribution in [0.1, 0.15) is 103 Å². The second-order valence-corrected chi connectivity index (χ2v) is 8.24. The number of carbonyl (C=O) groups excluding carboxylic acids is 1. The van der Waals surface area contributed by atoms with Gasteiger partial charge < -0.3 is 4.74 Å². The van der Waals surface area contributed by atoms with Crippen molar-refractivity contribution >= 4 is 5.97 Å². The molecule has 2 rings (SSSR count). The highest BCUT2D eigenvalue weighted by Crippen LogP contribution is 2.33. The lowest BCUT2D eigenvalue weighted by Crippen LogP contribution is -2.25. The molecule has 0 unspecified atom stereocenters. The second kappa shape index (κ2) is 12.9. The van der Waals surface area contributed by atoms with Gasteiger partial charge in [-0.05, 0) is 50.2 Å². The summed E-state index contributed by atoms with van der Waals surface area (Å²) in [6.07, 6.45) is 19.4. The Morgan fingerprint density at radius 3 is 2.22 bits per heavy atom. The maximum atomic E-state index is 12.4. The minimum Gasteiger partial charge on any atom is -0.425 e. The third-order valence-corrected chi connectivity index (χ3v) is 6.02. The molecule has 0 N–H and O–H groups in total. The van der Waals surface area contributed by atoms with E-state index in [1.165, 1.54) is 70.6 Å². The molecule has 1 aliphatic carbocycles. The van der Waals surface area contributed by atoms with Crippen molar-refractivity contribution in [2.75, 3.05) is 0 Å². The Hall–Kier alpha value is -1.38. The van der Waals surface area contributed by atoms with Gasteiger partial charge in [0.1, 0.15) is 5.75 Å². The molecule has 0 bridgehead atoms. The molecule has 0 amide bonds. The molecule has 1 saturated carbocycles. The van der Waals surface area contributed by atoms with Crippen molar-refractivity contribution in [3.05, 3.63) is 24.0 Å². The maximum absolute atomic E-state index is 12.4. The number of esters is 1. The number of carbonyl (C=O) groups is 1. The molecule has 1 aliphatic rings. The zero-order valence-electron chi connectivity index (χ0n) is 17.5. The summed E-state index contributed by atoms with van der Waals surface area (Å²) in [6.45, 7) is 4.34. The van der Waals surface area contributed by atoms with Crippen LogP contribution in [0.15, 0.2) is 18.3 Å². The van der Waals surface area contributed by atoms with Gasteiger partial charge in [0.2, 0.25) is 0 Å². The maximum Gasteiger partial charge on any atom is 0.314 e. The standard InChI is InChI=1S/C24H39NO2/c1-3-5-6-7-8-9-10-11-12-20-13-15-21(16-14-20)24(26)27-23-18-17-22(4-2)25-19-23/h17-21H,3-16H2,1-2H3/t20-,21-. The molecule has 0 atom stereocenters. The largest absolute Gasteiger partial charge is 0.425 e. The molecule has 0 aromatic carbocycles. The average Bonchev–Trinajstić information content (AvgIpc) is 2.71. The van der Waals surface area contributed by atoms with E-state index < -0.39 is 0 Å². The Kier molecular flexibility index (Phi) is 10.5. The predicted molar refractivity (Wildman–Crippen MR) is 112 cm³/mol. The van der Waals surface area contributed by atoms with Gasteiger partial charge in [-0.1, -0.05) is 71.6 Å². The van der Waals surface area contributed by atoms with Crippen molar-refractivity contribution in [3.8, 4) is 5.75 Å². The van der Waals surface area contributed by atoms with Crippen LogP contribution in [0.3, 0.4) is 0 Å². The molecule has 1 aromatic heterocycles. The van der Waals surface area contributed by atoms with E-state index in [4.69, 9.17) is 4.74 Å². The highest BCUT2D eigenvalue weighted by Gasteiger charge is 2.27. The van der Waals surface area contributed by atoms with E-state index in [1.54, 1.807) is 6.20 Å². The minimum atomic E-state index is -0.0634. The number of nitrogens with zero attached hydrogens (tertiary/aromatic N) is 1. The van der Waals surface area contributed by atoms with Crippen LogP contribution in [0.2, 0.25) is 0 Å². The number of aromatic nitrogens is 1. The Balaban J connectivity index is 1.55. The first-order chi connectivity index (χ1) is 13.2. The van der Waals surface area contributed by atoms with Crippen molar-refractivity contribution < 1.29 is 9.53 Å². The van der Waals surface area contributed by atoms with Crippen LogP contribution in [-0.4, -0.2) is 11.0 Å². The first-order valence-corrected chi connectivity index (χ1v) is 11.4. The quantitative estimate of drug-likeness (QED) is 0.296. The van der Waals surface area contributed by atoms with Crippen molar-refractivity contribution in [2.24, 2.45) is 11.8 Å². The Morgan fingerprint density at radius 1 is 0.963 bits per heavy atom. The fraction of sp³-hybridized carbons (Fsp3) is 0.750. The SMILES string of the molecule is CCCCCCCCCC[C@H]1CC[C@H](C(=O)Oc2ccc(CC)nc2)CC1. The summed E-state index contributed by atoms with van der Waals surface area (Å²) in [5.41, 5.74) is 1.02. The van der Waals surface area contributed by atoms with Crippen LogP contribution in [0.25, 0.3) is 0 Å². The fourth-order valence-corrected chi connectivity index (χ4v) is 4.13. The zero-order valence-corrected chi connectivity index (χ0v) is 17.5. The Labute approximate surface area is 166 Å². The van der Waals surface area contributed by atoms with Crippen LogP contribution in [0.4, 0.5) is 0 Å². The molecule has 0 aliphatic heterocycles. The molecule has 1 fully saturated rings. The molecular formula is C24H39NO2. The molecule has 1 heterocycles. The number of hydrogen-bond donors (Lipinski definition) is 0. The molecule has 0 radical (unpaired) electrons. The highest BCUT2D eigenvalue weighted by molar-refractivity contribution is 5.75. The Bertz CT molecular complexity index is 518. The first-order valence-electron chi connectivity index (χ1n) is 11.4. The van der Waals surface area contributed by atoms with E-state index in [1.807, 2.05) is 12.1 Å². The molecular weight excluding hydrogens is 334 g/mol. The summed E-state index contributed by atoms with van der Waals surface area (Å²) < 4.78 is 5.54. The molecule has 0 spiro atoms. The Morgan fingerprint density at radius 2 is 1.63 bits per heavy atom. The predicted octanol–water partition coefficient (Wildman–Crippen LogP) is 6.89. The van der Waals surface area contributed by atoms with E-state index in [0.717, 1.165) is 30.9 Å².